The molecule has 1 aliphatic rings. The Morgan fingerprint density at radius 2 is 1.94 bits per heavy atom. The van der Waals surface area contributed by atoms with Crippen LogP contribution in [0.3, 0.4) is 0 Å². The number of benzene rings is 2. The van der Waals surface area contributed by atoms with Gasteiger partial charge in [0.15, 0.2) is 0 Å². The molecule has 1 aromatic heterocycles. The summed E-state index contributed by atoms with van der Waals surface area (Å²) in [4.78, 5) is 2.28. The van der Waals surface area contributed by atoms with Crippen molar-refractivity contribution < 1.29 is 19.3 Å². The molecule has 0 unspecified atom stereocenters. The molecule has 1 atom stereocenters. The Morgan fingerprint density at radius 3 is 2.65 bits per heavy atom. The quantitative estimate of drug-likeness (QED) is 0.326. The van der Waals surface area contributed by atoms with E-state index in [1.165, 1.54) is 0 Å². The second kappa shape index (κ2) is 11.2. The van der Waals surface area contributed by atoms with E-state index in [-0.39, 0.29) is 13.2 Å². The zero-order chi connectivity index (χ0) is 23.9. The highest BCUT2D eigenvalue weighted by atomic mass is 16.5. The zero-order valence-corrected chi connectivity index (χ0v) is 19.7. The molecule has 7 nitrogen and oxygen atoms in total. The standard InChI is InChI=1S/C27H31N3O4/c1-4-15-33-19-22(31)17-30(21-13-14-21)18-25-26(20-9-6-5-7-10-20)28-29(2)27(25)34-24-12-8-11-23(16-24)32-3/h1,5-12,16,21-22,31H,13-15,17-19H2,2-3H3/t22-/m1/s1. The lowest BCUT2D eigenvalue weighted by Crippen LogP contribution is -2.36. The lowest BCUT2D eigenvalue weighted by atomic mass is 10.1. The molecule has 1 saturated carbocycles. The third kappa shape index (κ3) is 5.97. The number of nitrogens with zero attached hydrogens (tertiary/aromatic N) is 3. The van der Waals surface area contributed by atoms with Crippen LogP contribution < -0.4 is 9.47 Å². The first kappa shape index (κ1) is 23.8. The normalized spacial score (nSPS) is 14.1. The summed E-state index contributed by atoms with van der Waals surface area (Å²) in [5.74, 6) is 4.49. The summed E-state index contributed by atoms with van der Waals surface area (Å²) in [6.07, 6.45) is 6.82. The molecule has 7 heteroatoms. The van der Waals surface area contributed by atoms with Crippen molar-refractivity contribution in [3.63, 3.8) is 0 Å². The molecule has 2 aromatic carbocycles. The Hall–Kier alpha value is -3.31. The highest BCUT2D eigenvalue weighted by Crippen LogP contribution is 2.37. The fourth-order valence-corrected chi connectivity index (χ4v) is 3.99. The average Bonchev–Trinajstić information content (AvgIpc) is 3.66. The van der Waals surface area contributed by atoms with E-state index in [9.17, 15) is 5.11 Å². The number of rotatable bonds is 12. The molecule has 1 N–H and O–H groups in total. The first-order chi connectivity index (χ1) is 16.6. The van der Waals surface area contributed by atoms with Crippen LogP contribution >= 0.6 is 0 Å². The van der Waals surface area contributed by atoms with E-state index < -0.39 is 6.10 Å². The maximum absolute atomic E-state index is 10.6. The van der Waals surface area contributed by atoms with Gasteiger partial charge in [-0.3, -0.25) is 4.90 Å². The number of hydrogen-bond donors (Lipinski definition) is 1. The van der Waals surface area contributed by atoms with Crippen LogP contribution in [0.1, 0.15) is 18.4 Å². The van der Waals surface area contributed by atoms with Crippen molar-refractivity contribution in [1.29, 1.82) is 0 Å². The SMILES string of the molecule is C#CCOC[C@H](O)CN(Cc1c(-c2ccccc2)nn(C)c1Oc1cccc(OC)c1)C1CC1. The van der Waals surface area contributed by atoms with Gasteiger partial charge in [0, 0.05) is 37.8 Å². The molecule has 0 radical (unpaired) electrons. The van der Waals surface area contributed by atoms with Crippen LogP contribution in [0.5, 0.6) is 17.4 Å². The third-order valence-corrected chi connectivity index (χ3v) is 5.76. The number of methoxy groups -OCH3 is 1. The van der Waals surface area contributed by atoms with Crippen LogP contribution in [-0.2, 0) is 18.3 Å². The molecule has 34 heavy (non-hydrogen) atoms. The molecular weight excluding hydrogens is 430 g/mol. The van der Waals surface area contributed by atoms with Crippen LogP contribution in [0.15, 0.2) is 54.6 Å². The molecule has 0 spiro atoms. The van der Waals surface area contributed by atoms with Crippen molar-refractivity contribution in [2.75, 3.05) is 26.9 Å². The van der Waals surface area contributed by atoms with Gasteiger partial charge in [-0.25, -0.2) is 4.68 Å². The lowest BCUT2D eigenvalue weighted by molar-refractivity contribution is 0.0241. The number of hydrogen-bond acceptors (Lipinski definition) is 6. The first-order valence-electron chi connectivity index (χ1n) is 11.5. The fourth-order valence-electron chi connectivity index (χ4n) is 3.99. The van der Waals surface area contributed by atoms with Gasteiger partial charge in [-0.15, -0.1) is 6.42 Å². The minimum absolute atomic E-state index is 0.194. The first-order valence-corrected chi connectivity index (χ1v) is 11.5. The van der Waals surface area contributed by atoms with E-state index >= 15 is 0 Å². The van der Waals surface area contributed by atoms with E-state index in [2.05, 4.69) is 10.8 Å². The Morgan fingerprint density at radius 1 is 1.18 bits per heavy atom. The lowest BCUT2D eigenvalue weighted by Gasteiger charge is -2.25. The van der Waals surface area contributed by atoms with E-state index in [0.717, 1.165) is 35.4 Å². The van der Waals surface area contributed by atoms with Gasteiger partial charge < -0.3 is 19.3 Å². The smallest absolute Gasteiger partial charge is 0.222 e. The predicted octanol–water partition coefficient (Wildman–Crippen LogP) is 3.86. The molecule has 178 valence electrons. The monoisotopic (exact) mass is 461 g/mol. The van der Waals surface area contributed by atoms with Crippen molar-refractivity contribution in [3.05, 3.63) is 60.2 Å². The molecule has 1 heterocycles. The molecular formula is C27H31N3O4. The van der Waals surface area contributed by atoms with E-state index in [1.54, 1.807) is 11.8 Å². The van der Waals surface area contributed by atoms with Gasteiger partial charge in [-0.1, -0.05) is 42.3 Å². The maximum Gasteiger partial charge on any atom is 0.222 e. The predicted molar refractivity (Wildman–Crippen MR) is 131 cm³/mol. The van der Waals surface area contributed by atoms with Gasteiger partial charge in [0.2, 0.25) is 5.88 Å². The van der Waals surface area contributed by atoms with E-state index in [4.69, 9.17) is 25.7 Å². The number of aryl methyl sites for hydroxylation is 1. The van der Waals surface area contributed by atoms with Gasteiger partial charge in [-0.2, -0.15) is 5.10 Å². The van der Waals surface area contributed by atoms with Gasteiger partial charge in [0.1, 0.15) is 23.8 Å². The Kier molecular flexibility index (Phi) is 7.86. The highest BCUT2D eigenvalue weighted by Gasteiger charge is 2.33. The largest absolute Gasteiger partial charge is 0.497 e. The Bertz CT molecular complexity index is 1120. The van der Waals surface area contributed by atoms with Crippen molar-refractivity contribution >= 4 is 0 Å². The topological polar surface area (TPSA) is 69.0 Å². The second-order valence-electron chi connectivity index (χ2n) is 8.44. The molecule has 0 saturated heterocycles. The van der Waals surface area contributed by atoms with Crippen LogP contribution in [0.25, 0.3) is 11.3 Å². The van der Waals surface area contributed by atoms with E-state index in [0.29, 0.717) is 30.8 Å². The van der Waals surface area contributed by atoms with Crippen molar-refractivity contribution in [1.82, 2.24) is 14.7 Å². The molecule has 1 fully saturated rings. The average molecular weight is 462 g/mol. The summed E-state index contributed by atoms with van der Waals surface area (Å²) in [7, 11) is 3.52. The Labute approximate surface area is 200 Å². The number of terminal acetylenes is 1. The number of ether oxygens (including phenoxy) is 3. The zero-order valence-electron chi connectivity index (χ0n) is 19.7. The summed E-state index contributed by atoms with van der Waals surface area (Å²) in [5.41, 5.74) is 2.85. The summed E-state index contributed by atoms with van der Waals surface area (Å²) in [5, 5.41) is 15.4. The maximum atomic E-state index is 10.6. The van der Waals surface area contributed by atoms with Crippen molar-refractivity contribution in [2.45, 2.75) is 31.5 Å². The van der Waals surface area contributed by atoms with Gasteiger partial charge in [0.25, 0.3) is 0 Å². The van der Waals surface area contributed by atoms with Crippen molar-refractivity contribution in [3.8, 4) is 41.0 Å². The minimum Gasteiger partial charge on any atom is -0.497 e. The Balaban J connectivity index is 1.64. The third-order valence-electron chi connectivity index (χ3n) is 5.76. The number of aliphatic hydroxyl groups excluding tert-OH is 1. The minimum atomic E-state index is -0.631. The van der Waals surface area contributed by atoms with Gasteiger partial charge in [-0.05, 0) is 25.0 Å². The summed E-state index contributed by atoms with van der Waals surface area (Å²) < 4.78 is 18.8. The van der Waals surface area contributed by atoms with Gasteiger partial charge in [0.05, 0.1) is 25.4 Å². The van der Waals surface area contributed by atoms with Gasteiger partial charge >= 0.3 is 0 Å². The summed E-state index contributed by atoms with van der Waals surface area (Å²) >= 11 is 0. The molecule has 0 amide bonds. The molecule has 4 rings (SSSR count). The fraction of sp³-hybridized carbons (Fsp3) is 0.370. The second-order valence-corrected chi connectivity index (χ2v) is 8.44. The summed E-state index contributed by atoms with van der Waals surface area (Å²) in [6.45, 7) is 1.48. The van der Waals surface area contributed by atoms with Crippen molar-refractivity contribution in [2.24, 2.45) is 7.05 Å². The highest BCUT2D eigenvalue weighted by molar-refractivity contribution is 5.65. The molecule has 3 aromatic rings. The molecule has 0 bridgehead atoms. The van der Waals surface area contributed by atoms with Crippen LogP contribution in [0, 0.1) is 12.3 Å². The molecule has 1 aliphatic carbocycles. The van der Waals surface area contributed by atoms with Crippen LogP contribution in [-0.4, -0.2) is 58.8 Å². The summed E-state index contributed by atoms with van der Waals surface area (Å²) in [6, 6.07) is 18.0. The number of aromatic nitrogens is 2. The molecule has 0 aliphatic heterocycles. The van der Waals surface area contributed by atoms with Crippen LogP contribution in [0.2, 0.25) is 0 Å². The number of aliphatic hydroxyl groups is 1. The van der Waals surface area contributed by atoms with Crippen LogP contribution in [0.4, 0.5) is 0 Å². The van der Waals surface area contributed by atoms with E-state index in [1.807, 2.05) is 61.6 Å².